The van der Waals surface area contributed by atoms with Gasteiger partial charge >= 0.3 is 0 Å². The zero-order chi connectivity index (χ0) is 41.4. The van der Waals surface area contributed by atoms with Crippen LogP contribution in [0.5, 0.6) is 0 Å². The highest BCUT2D eigenvalue weighted by molar-refractivity contribution is 6.22. The third-order valence-corrected chi connectivity index (χ3v) is 12.4. The van der Waals surface area contributed by atoms with Crippen LogP contribution in [0.2, 0.25) is 0 Å². The van der Waals surface area contributed by atoms with Gasteiger partial charge in [0.2, 0.25) is 0 Å². The van der Waals surface area contributed by atoms with Crippen molar-refractivity contribution in [1.29, 1.82) is 0 Å². The molecule has 294 valence electrons. The summed E-state index contributed by atoms with van der Waals surface area (Å²) < 4.78 is 11.7. The molecule has 6 heteroatoms. The first kappa shape index (κ1) is 35.2. The van der Waals surface area contributed by atoms with E-state index in [1.54, 1.807) is 0 Å². The number of rotatable bonds is 6. The van der Waals surface area contributed by atoms with Crippen LogP contribution in [0.15, 0.2) is 217 Å². The van der Waals surface area contributed by atoms with Crippen molar-refractivity contribution in [1.82, 2.24) is 24.1 Å². The molecule has 4 aromatic heterocycles. The van der Waals surface area contributed by atoms with Gasteiger partial charge in [0.05, 0.1) is 22.1 Å². The Morgan fingerprint density at radius 1 is 0.302 bits per heavy atom. The van der Waals surface area contributed by atoms with Crippen molar-refractivity contribution in [3.8, 4) is 56.7 Å². The van der Waals surface area contributed by atoms with Gasteiger partial charge in [-0.2, -0.15) is 0 Å². The molecule has 0 radical (unpaired) electrons. The van der Waals surface area contributed by atoms with Crippen molar-refractivity contribution < 1.29 is 4.42 Å². The van der Waals surface area contributed by atoms with E-state index in [4.69, 9.17) is 19.4 Å². The quantitative estimate of drug-likeness (QED) is 0.168. The number of hydrogen-bond acceptors (Lipinski definition) is 4. The zero-order valence-corrected chi connectivity index (χ0v) is 33.9. The first-order valence-corrected chi connectivity index (χ1v) is 21.2. The van der Waals surface area contributed by atoms with Crippen LogP contribution in [0.25, 0.3) is 122 Å². The van der Waals surface area contributed by atoms with Gasteiger partial charge in [0.15, 0.2) is 23.1 Å². The normalized spacial score (nSPS) is 11.8. The molecule has 0 bridgehead atoms. The lowest BCUT2D eigenvalue weighted by Gasteiger charge is -2.09. The van der Waals surface area contributed by atoms with Gasteiger partial charge in [-0.3, -0.25) is 0 Å². The Bertz CT molecular complexity index is 3830. The molecular formula is C57H35N5O. The highest BCUT2D eigenvalue weighted by Crippen LogP contribution is 2.43. The van der Waals surface area contributed by atoms with Crippen LogP contribution in [0.3, 0.4) is 0 Å². The molecule has 4 heterocycles. The lowest BCUT2D eigenvalue weighted by atomic mass is 10.0. The monoisotopic (exact) mass is 805 g/mol. The van der Waals surface area contributed by atoms with Gasteiger partial charge in [-0.05, 0) is 83.9 Å². The van der Waals surface area contributed by atoms with E-state index in [1.807, 2.05) is 60.7 Å². The number of furan rings is 1. The van der Waals surface area contributed by atoms with Gasteiger partial charge in [0.1, 0.15) is 5.58 Å². The first-order valence-electron chi connectivity index (χ1n) is 21.2. The Kier molecular flexibility index (Phi) is 7.80. The lowest BCUT2D eigenvalue weighted by Crippen LogP contribution is -2.00. The maximum absolute atomic E-state index is 6.95. The number of nitrogens with zero attached hydrogens (tertiary/aromatic N) is 5. The van der Waals surface area contributed by atoms with Crippen LogP contribution in [-0.2, 0) is 0 Å². The van der Waals surface area contributed by atoms with Crippen LogP contribution in [-0.4, -0.2) is 24.1 Å². The summed E-state index contributed by atoms with van der Waals surface area (Å²) in [6.45, 7) is 0. The topological polar surface area (TPSA) is 61.7 Å². The summed E-state index contributed by atoms with van der Waals surface area (Å²) in [7, 11) is 0. The summed E-state index contributed by atoms with van der Waals surface area (Å²) in [5, 5.41) is 6.73. The summed E-state index contributed by atoms with van der Waals surface area (Å²) >= 11 is 0. The largest absolute Gasteiger partial charge is 0.454 e. The number of para-hydroxylation sites is 2. The van der Waals surface area contributed by atoms with Crippen LogP contribution in [0.4, 0.5) is 0 Å². The molecule has 13 rings (SSSR count). The molecule has 0 N–H and O–H groups in total. The molecule has 0 fully saturated rings. The smallest absolute Gasteiger partial charge is 0.164 e. The van der Waals surface area contributed by atoms with E-state index in [9.17, 15) is 0 Å². The first-order chi connectivity index (χ1) is 31.2. The minimum atomic E-state index is 0.615. The van der Waals surface area contributed by atoms with Crippen molar-refractivity contribution in [2.24, 2.45) is 0 Å². The second kappa shape index (κ2) is 14.0. The van der Waals surface area contributed by atoms with Crippen molar-refractivity contribution >= 4 is 65.6 Å². The fourth-order valence-corrected chi connectivity index (χ4v) is 9.44. The fraction of sp³-hybridized carbons (Fsp3) is 0. The van der Waals surface area contributed by atoms with Crippen LogP contribution < -0.4 is 0 Å². The van der Waals surface area contributed by atoms with E-state index in [-0.39, 0.29) is 0 Å². The molecule has 0 saturated carbocycles. The van der Waals surface area contributed by atoms with Gasteiger partial charge in [0, 0.05) is 60.4 Å². The van der Waals surface area contributed by atoms with Crippen molar-refractivity contribution in [2.45, 2.75) is 0 Å². The van der Waals surface area contributed by atoms with Crippen molar-refractivity contribution in [2.75, 3.05) is 0 Å². The summed E-state index contributed by atoms with van der Waals surface area (Å²) in [5.41, 5.74) is 13.4. The average Bonchev–Trinajstić information content (AvgIpc) is 4.02. The molecule has 0 spiro atoms. The summed E-state index contributed by atoms with van der Waals surface area (Å²) in [4.78, 5) is 15.1. The van der Waals surface area contributed by atoms with E-state index in [0.29, 0.717) is 17.5 Å². The highest BCUT2D eigenvalue weighted by atomic mass is 16.3. The molecule has 6 nitrogen and oxygen atoms in total. The van der Waals surface area contributed by atoms with Crippen molar-refractivity contribution in [3.63, 3.8) is 0 Å². The predicted octanol–water partition coefficient (Wildman–Crippen LogP) is 14.6. The number of benzene rings is 9. The Labute approximate surface area is 361 Å². The summed E-state index contributed by atoms with van der Waals surface area (Å²) in [6.07, 6.45) is 0. The Morgan fingerprint density at radius 3 is 1.52 bits per heavy atom. The van der Waals surface area contributed by atoms with Gasteiger partial charge in [-0.1, -0.05) is 140 Å². The van der Waals surface area contributed by atoms with E-state index < -0.39 is 0 Å². The molecule has 0 aliphatic heterocycles. The molecular weight excluding hydrogens is 771 g/mol. The predicted molar refractivity (Wildman–Crippen MR) is 258 cm³/mol. The molecule has 0 amide bonds. The van der Waals surface area contributed by atoms with Crippen LogP contribution >= 0.6 is 0 Å². The molecule has 0 saturated heterocycles. The highest BCUT2D eigenvalue weighted by Gasteiger charge is 2.22. The van der Waals surface area contributed by atoms with Crippen LogP contribution in [0, 0.1) is 0 Å². The number of hydrogen-bond donors (Lipinski definition) is 0. The molecule has 0 atom stereocenters. The second-order valence-corrected chi connectivity index (χ2v) is 16.0. The van der Waals surface area contributed by atoms with E-state index in [0.717, 1.165) is 82.8 Å². The standard InChI is InChI=1S/C57H35N5O/c1-5-15-36(16-6-1)39-25-30-50-46(33-39)43-23-13-14-24-49(43)61(50)42-27-32-52-48(35-42)45-29-28-44-47-34-40(26-31-51(47)62(53(44)54(45)63-52)41-21-11-4-12-22-41)57-59-55(37-17-7-2-8-18-37)58-56(60-57)38-19-9-3-10-20-38/h1-35H. The second-order valence-electron chi connectivity index (χ2n) is 16.0. The SMILES string of the molecule is c1ccc(-c2ccc3c(c2)c2ccccc2n3-c2ccc3oc4c(ccc5c6cc(-c7nc(-c8ccccc8)nc(-c8ccccc8)n7)ccc6n(-c6ccccc6)c54)c3c2)cc1. The maximum atomic E-state index is 6.95. The van der Waals surface area contributed by atoms with Crippen molar-refractivity contribution in [3.05, 3.63) is 212 Å². The van der Waals surface area contributed by atoms with E-state index in [1.165, 1.54) is 21.9 Å². The Morgan fingerprint density at radius 2 is 0.825 bits per heavy atom. The van der Waals surface area contributed by atoms with Gasteiger partial charge < -0.3 is 13.6 Å². The van der Waals surface area contributed by atoms with Gasteiger partial charge in [-0.15, -0.1) is 0 Å². The Balaban J connectivity index is 1.01. The molecule has 13 aromatic rings. The summed E-state index contributed by atoms with van der Waals surface area (Å²) in [6, 6.07) is 74.4. The molecule has 63 heavy (non-hydrogen) atoms. The summed E-state index contributed by atoms with van der Waals surface area (Å²) in [5.74, 6) is 1.88. The van der Waals surface area contributed by atoms with E-state index in [2.05, 4.69) is 161 Å². The van der Waals surface area contributed by atoms with Gasteiger partial charge in [-0.25, -0.2) is 15.0 Å². The van der Waals surface area contributed by atoms with Crippen LogP contribution in [0.1, 0.15) is 0 Å². The molecule has 0 aliphatic rings. The zero-order valence-electron chi connectivity index (χ0n) is 33.9. The average molecular weight is 806 g/mol. The molecule has 0 unspecified atom stereocenters. The minimum absolute atomic E-state index is 0.615. The van der Waals surface area contributed by atoms with E-state index >= 15 is 0 Å². The number of aromatic nitrogens is 5. The van der Waals surface area contributed by atoms with Gasteiger partial charge in [0.25, 0.3) is 0 Å². The minimum Gasteiger partial charge on any atom is -0.454 e. The lowest BCUT2D eigenvalue weighted by molar-refractivity contribution is 0.671. The Hall–Kier alpha value is -8.61. The third kappa shape index (κ3) is 5.62. The maximum Gasteiger partial charge on any atom is 0.164 e. The fourth-order valence-electron chi connectivity index (χ4n) is 9.44. The third-order valence-electron chi connectivity index (χ3n) is 12.4. The number of fused-ring (bicyclic) bond motifs is 10. The molecule has 9 aromatic carbocycles. The molecule has 0 aliphatic carbocycles.